The Labute approximate surface area is 109 Å². The molecule has 0 amide bonds. The van der Waals surface area contributed by atoms with Crippen LogP contribution in [0.4, 0.5) is 0 Å². The predicted molar refractivity (Wildman–Crippen MR) is 60.5 cm³/mol. The van der Waals surface area contributed by atoms with E-state index in [2.05, 4.69) is 6.58 Å². The van der Waals surface area contributed by atoms with Crippen LogP contribution in [0, 0.1) is 11.3 Å². The van der Waals surface area contributed by atoms with Gasteiger partial charge in [-0.1, -0.05) is 6.58 Å². The second-order valence-corrected chi connectivity index (χ2v) is 4.16. The first-order valence-electron chi connectivity index (χ1n) is 5.60. The smallest absolute Gasteiger partial charge is 0.188 e. The zero-order valence-corrected chi connectivity index (χ0v) is 10.1. The second kappa shape index (κ2) is 6.93. The summed E-state index contributed by atoms with van der Waals surface area (Å²) in [6.45, 7) is 2.33. The van der Waals surface area contributed by atoms with Gasteiger partial charge in [0.15, 0.2) is 12.4 Å². The molecule has 0 spiro atoms. The Bertz CT molecular complexity index is 353. The molecular weight excluding hydrogens is 258 g/mol. The van der Waals surface area contributed by atoms with E-state index in [0.29, 0.717) is 0 Å². The summed E-state index contributed by atoms with van der Waals surface area (Å²) in [6.07, 6.45) is -8.47. The van der Waals surface area contributed by atoms with Gasteiger partial charge < -0.3 is 35.0 Å². The molecule has 1 aliphatic rings. The molecule has 0 bridgehead atoms. The molecule has 0 radical (unpaired) electrons. The maximum Gasteiger partial charge on any atom is 0.188 e. The summed E-state index contributed by atoms with van der Waals surface area (Å²) in [7, 11) is 0. The minimum Gasteiger partial charge on any atom is -0.394 e. The quantitative estimate of drug-likeness (QED) is 0.340. The molecule has 0 saturated carbocycles. The maximum absolute atomic E-state index is 9.68. The van der Waals surface area contributed by atoms with Gasteiger partial charge in [-0.05, 0) is 5.57 Å². The molecule has 8 nitrogen and oxygen atoms in total. The summed E-state index contributed by atoms with van der Waals surface area (Å²) in [5.74, 6) is 0. The van der Waals surface area contributed by atoms with E-state index < -0.39 is 50.0 Å². The summed E-state index contributed by atoms with van der Waals surface area (Å²) in [4.78, 5) is 0. The predicted octanol–water partition coefficient (Wildman–Crippen LogP) is -2.76. The third-order valence-electron chi connectivity index (χ3n) is 2.81. The largest absolute Gasteiger partial charge is 0.394 e. The van der Waals surface area contributed by atoms with Gasteiger partial charge in [-0.3, -0.25) is 0 Å². The van der Waals surface area contributed by atoms with E-state index in [9.17, 15) is 15.3 Å². The van der Waals surface area contributed by atoms with Gasteiger partial charge in [0.2, 0.25) is 0 Å². The first-order chi connectivity index (χ1) is 8.96. The third kappa shape index (κ3) is 3.49. The molecule has 8 heteroatoms. The standard InChI is InChI=1S/C11H17NO7/c1-5(3-13)6(2-12)18-11-10(17)9(16)8(15)7(4-14)19-11/h6-11,13-17H,1,3-4H2/t6-,7-,8-,9+,10-,11+/m1/s1. The van der Waals surface area contributed by atoms with Gasteiger partial charge in [0, 0.05) is 0 Å². The molecule has 0 aromatic rings. The first kappa shape index (κ1) is 16.0. The summed E-state index contributed by atoms with van der Waals surface area (Å²) in [5, 5.41) is 55.4. The molecule has 108 valence electrons. The molecule has 1 rings (SSSR count). The van der Waals surface area contributed by atoms with Crippen molar-refractivity contribution in [3.05, 3.63) is 12.2 Å². The number of rotatable bonds is 5. The van der Waals surface area contributed by atoms with Crippen LogP contribution < -0.4 is 0 Å². The number of ether oxygens (including phenoxy) is 2. The van der Waals surface area contributed by atoms with Gasteiger partial charge in [0.25, 0.3) is 0 Å². The average molecular weight is 275 g/mol. The maximum atomic E-state index is 9.68. The van der Waals surface area contributed by atoms with Crippen molar-refractivity contribution in [3.63, 3.8) is 0 Å². The molecule has 6 atom stereocenters. The molecule has 0 unspecified atom stereocenters. The summed E-state index contributed by atoms with van der Waals surface area (Å²) in [5.41, 5.74) is 0.0551. The summed E-state index contributed by atoms with van der Waals surface area (Å²) in [6, 6.07) is 1.70. The van der Waals surface area contributed by atoms with Crippen LogP contribution in [0.2, 0.25) is 0 Å². The van der Waals surface area contributed by atoms with Gasteiger partial charge in [0.1, 0.15) is 24.4 Å². The molecule has 1 fully saturated rings. The highest BCUT2D eigenvalue weighted by atomic mass is 16.7. The van der Waals surface area contributed by atoms with Crippen LogP contribution >= 0.6 is 0 Å². The van der Waals surface area contributed by atoms with Crippen molar-refractivity contribution in [2.45, 2.75) is 36.8 Å². The van der Waals surface area contributed by atoms with E-state index >= 15 is 0 Å². The average Bonchev–Trinajstić information content (AvgIpc) is 2.43. The number of aliphatic hydroxyl groups is 5. The SMILES string of the molecule is C=C(CO)[C@@H](C#N)O[C@H]1O[C@H](CO)[C@@H](O)[C@H](O)[C@H]1O. The van der Waals surface area contributed by atoms with Crippen LogP contribution in [-0.4, -0.2) is 75.6 Å². The molecule has 0 aromatic heterocycles. The molecular formula is C11H17NO7. The van der Waals surface area contributed by atoms with Crippen LogP contribution in [0.3, 0.4) is 0 Å². The normalized spacial score (nSPS) is 36.5. The van der Waals surface area contributed by atoms with Crippen LogP contribution in [0.15, 0.2) is 12.2 Å². The number of hydrogen-bond donors (Lipinski definition) is 5. The minimum absolute atomic E-state index is 0.0551. The van der Waals surface area contributed by atoms with E-state index in [0.717, 1.165) is 0 Å². The number of aliphatic hydroxyl groups excluding tert-OH is 5. The Kier molecular flexibility index (Phi) is 5.84. The fraction of sp³-hybridized carbons (Fsp3) is 0.727. The van der Waals surface area contributed by atoms with E-state index in [1.54, 1.807) is 6.07 Å². The highest BCUT2D eigenvalue weighted by Gasteiger charge is 2.45. The van der Waals surface area contributed by atoms with Crippen LogP contribution in [-0.2, 0) is 9.47 Å². The second-order valence-electron chi connectivity index (χ2n) is 4.16. The van der Waals surface area contributed by atoms with E-state index in [4.69, 9.17) is 24.9 Å². The lowest BCUT2D eigenvalue weighted by Crippen LogP contribution is -2.59. The number of nitrogens with zero attached hydrogens (tertiary/aromatic N) is 1. The Morgan fingerprint density at radius 2 is 1.89 bits per heavy atom. The van der Waals surface area contributed by atoms with Crippen molar-refractivity contribution < 1.29 is 35.0 Å². The van der Waals surface area contributed by atoms with Crippen molar-refractivity contribution in [1.82, 2.24) is 0 Å². The molecule has 5 N–H and O–H groups in total. The fourth-order valence-electron chi connectivity index (χ4n) is 1.61. The number of nitriles is 1. The van der Waals surface area contributed by atoms with Gasteiger partial charge >= 0.3 is 0 Å². The topological polar surface area (TPSA) is 143 Å². The molecule has 1 heterocycles. The Hall–Kier alpha value is -1.05. The van der Waals surface area contributed by atoms with Crippen molar-refractivity contribution in [2.75, 3.05) is 13.2 Å². The Morgan fingerprint density at radius 1 is 1.26 bits per heavy atom. The molecule has 1 aliphatic heterocycles. The third-order valence-corrected chi connectivity index (χ3v) is 2.81. The van der Waals surface area contributed by atoms with Crippen molar-refractivity contribution in [1.29, 1.82) is 5.26 Å². The van der Waals surface area contributed by atoms with Gasteiger partial charge in [-0.25, -0.2) is 0 Å². The van der Waals surface area contributed by atoms with Gasteiger partial charge in [0.05, 0.1) is 19.3 Å². The molecule has 1 saturated heterocycles. The van der Waals surface area contributed by atoms with Gasteiger partial charge in [-0.2, -0.15) is 5.26 Å². The van der Waals surface area contributed by atoms with Crippen molar-refractivity contribution in [2.24, 2.45) is 0 Å². The number of hydrogen-bond acceptors (Lipinski definition) is 8. The van der Waals surface area contributed by atoms with E-state index in [-0.39, 0.29) is 5.57 Å². The lowest BCUT2D eigenvalue weighted by Gasteiger charge is -2.40. The van der Waals surface area contributed by atoms with Crippen molar-refractivity contribution in [3.8, 4) is 6.07 Å². The van der Waals surface area contributed by atoms with Crippen LogP contribution in [0.1, 0.15) is 0 Å². The lowest BCUT2D eigenvalue weighted by molar-refractivity contribution is -0.304. The highest BCUT2D eigenvalue weighted by molar-refractivity contribution is 5.13. The Balaban J connectivity index is 2.76. The van der Waals surface area contributed by atoms with Gasteiger partial charge in [-0.15, -0.1) is 0 Å². The van der Waals surface area contributed by atoms with Crippen LogP contribution in [0.25, 0.3) is 0 Å². The van der Waals surface area contributed by atoms with E-state index in [1.807, 2.05) is 0 Å². The fourth-order valence-corrected chi connectivity index (χ4v) is 1.61. The zero-order chi connectivity index (χ0) is 14.6. The zero-order valence-electron chi connectivity index (χ0n) is 10.1. The first-order valence-corrected chi connectivity index (χ1v) is 5.60. The minimum atomic E-state index is -1.60. The summed E-state index contributed by atoms with van der Waals surface area (Å²) < 4.78 is 10.1. The molecule has 0 aromatic carbocycles. The highest BCUT2D eigenvalue weighted by Crippen LogP contribution is 2.23. The van der Waals surface area contributed by atoms with E-state index in [1.165, 1.54) is 0 Å². The van der Waals surface area contributed by atoms with Crippen molar-refractivity contribution >= 4 is 0 Å². The monoisotopic (exact) mass is 275 g/mol. The summed E-state index contributed by atoms with van der Waals surface area (Å²) >= 11 is 0. The van der Waals surface area contributed by atoms with Crippen LogP contribution in [0.5, 0.6) is 0 Å². The molecule has 19 heavy (non-hydrogen) atoms. The lowest BCUT2D eigenvalue weighted by atomic mass is 9.99. The Morgan fingerprint density at radius 3 is 2.37 bits per heavy atom. The molecule has 0 aliphatic carbocycles.